The van der Waals surface area contributed by atoms with Crippen molar-refractivity contribution < 1.29 is 24.2 Å². The number of carboxylic acids is 1. The lowest BCUT2D eigenvalue weighted by Crippen LogP contribution is -2.40. The van der Waals surface area contributed by atoms with Gasteiger partial charge in [0.05, 0.1) is 11.7 Å². The number of carboxylic acid groups (broad SMARTS) is 1. The smallest absolute Gasteiger partial charge is 0.303 e. The van der Waals surface area contributed by atoms with Crippen LogP contribution in [0.4, 0.5) is 5.69 Å². The van der Waals surface area contributed by atoms with E-state index in [4.69, 9.17) is 9.84 Å². The lowest BCUT2D eigenvalue weighted by Gasteiger charge is -2.20. The van der Waals surface area contributed by atoms with Crippen molar-refractivity contribution in [3.05, 3.63) is 59.7 Å². The molecule has 10 nitrogen and oxygen atoms in total. The molecule has 0 aliphatic heterocycles. The Labute approximate surface area is 204 Å². The van der Waals surface area contributed by atoms with E-state index >= 15 is 0 Å². The number of aryl methyl sites for hydroxylation is 1. The summed E-state index contributed by atoms with van der Waals surface area (Å²) in [6.45, 7) is 5.81. The predicted octanol–water partition coefficient (Wildman–Crippen LogP) is 2.03. The van der Waals surface area contributed by atoms with E-state index in [0.717, 1.165) is 17.5 Å². The van der Waals surface area contributed by atoms with Crippen LogP contribution in [0.1, 0.15) is 24.5 Å². The van der Waals surface area contributed by atoms with Crippen molar-refractivity contribution in [2.45, 2.75) is 32.2 Å². The van der Waals surface area contributed by atoms with Gasteiger partial charge >= 0.3 is 5.97 Å². The van der Waals surface area contributed by atoms with E-state index in [9.17, 15) is 14.4 Å². The standard InChI is InChI=1S/C25H31N5O5/c1-18(28-25(34)24(26-2)29-27-14-13-19-7-5-4-6-8-19)16-35-22-11-9-20(10-12-23(32)33)15-21(22)30(3)17-31/h4-9,11,15,17-18,27H,2,10,12-14,16H2,1,3H3,(H,28,34)(H,32,33)/b29-24-/t18-/m1/s1. The van der Waals surface area contributed by atoms with E-state index in [1.54, 1.807) is 32.2 Å². The number of amides is 2. The minimum Gasteiger partial charge on any atom is -0.489 e. The average molecular weight is 482 g/mol. The van der Waals surface area contributed by atoms with Gasteiger partial charge in [0.2, 0.25) is 12.2 Å². The van der Waals surface area contributed by atoms with Gasteiger partial charge in [0.25, 0.3) is 5.91 Å². The first-order valence-electron chi connectivity index (χ1n) is 11.1. The molecular formula is C25H31N5O5. The highest BCUT2D eigenvalue weighted by molar-refractivity contribution is 6.38. The Bertz CT molecular complexity index is 1040. The van der Waals surface area contributed by atoms with Gasteiger partial charge in [-0.2, -0.15) is 5.10 Å². The van der Waals surface area contributed by atoms with Crippen LogP contribution in [0, 0.1) is 0 Å². The number of anilines is 1. The minimum absolute atomic E-state index is 0.0180. The quantitative estimate of drug-likeness (QED) is 0.132. The summed E-state index contributed by atoms with van der Waals surface area (Å²) in [5.41, 5.74) is 5.24. The summed E-state index contributed by atoms with van der Waals surface area (Å²) in [7, 11) is 1.57. The number of nitrogens with one attached hydrogen (secondary N) is 2. The molecule has 1 atom stereocenters. The molecule has 3 N–H and O–H groups in total. The van der Waals surface area contributed by atoms with Crippen molar-refractivity contribution in [1.29, 1.82) is 0 Å². The van der Waals surface area contributed by atoms with Crippen LogP contribution in [0.25, 0.3) is 0 Å². The van der Waals surface area contributed by atoms with Gasteiger partial charge in [-0.25, -0.2) is 4.99 Å². The van der Waals surface area contributed by atoms with Gasteiger partial charge < -0.3 is 25.5 Å². The number of rotatable bonds is 13. The molecule has 10 heteroatoms. The topological polar surface area (TPSA) is 133 Å². The summed E-state index contributed by atoms with van der Waals surface area (Å²) in [5.74, 6) is -1.06. The molecule has 2 rings (SSSR count). The van der Waals surface area contributed by atoms with Crippen LogP contribution in [-0.4, -0.2) is 62.2 Å². The van der Waals surface area contributed by atoms with E-state index in [0.29, 0.717) is 30.8 Å². The lowest BCUT2D eigenvalue weighted by molar-refractivity contribution is -0.137. The number of aliphatic carboxylic acids is 1. The zero-order valence-corrected chi connectivity index (χ0v) is 19.9. The number of ether oxygens (including phenoxy) is 1. The van der Waals surface area contributed by atoms with Crippen LogP contribution < -0.4 is 20.4 Å². The molecule has 0 aliphatic carbocycles. The molecule has 0 heterocycles. The number of amidine groups is 1. The third-order valence-electron chi connectivity index (χ3n) is 4.96. The van der Waals surface area contributed by atoms with Crippen LogP contribution in [0.5, 0.6) is 5.75 Å². The number of carbonyl (C=O) groups is 3. The Morgan fingerprint density at radius 3 is 2.57 bits per heavy atom. The van der Waals surface area contributed by atoms with Crippen molar-refractivity contribution in [3.8, 4) is 5.75 Å². The maximum absolute atomic E-state index is 12.5. The number of carbonyl (C=O) groups excluding carboxylic acids is 2. The van der Waals surface area contributed by atoms with Gasteiger partial charge in [0.15, 0.2) is 0 Å². The van der Waals surface area contributed by atoms with Crippen LogP contribution >= 0.6 is 0 Å². The second kappa shape index (κ2) is 14.1. The zero-order valence-electron chi connectivity index (χ0n) is 19.9. The summed E-state index contributed by atoms with van der Waals surface area (Å²) in [6, 6.07) is 14.6. The molecule has 0 aliphatic rings. The molecule has 0 saturated carbocycles. The molecule has 0 aromatic heterocycles. The first-order chi connectivity index (χ1) is 16.8. The second-order valence-electron chi connectivity index (χ2n) is 7.83. The number of hydrogen-bond donors (Lipinski definition) is 3. The van der Waals surface area contributed by atoms with Crippen LogP contribution in [0.2, 0.25) is 0 Å². The fourth-order valence-corrected chi connectivity index (χ4v) is 3.10. The fourth-order valence-electron chi connectivity index (χ4n) is 3.10. The molecule has 0 bridgehead atoms. The molecule has 0 saturated heterocycles. The maximum Gasteiger partial charge on any atom is 0.303 e. The minimum atomic E-state index is -0.900. The molecule has 0 unspecified atom stereocenters. The van der Waals surface area contributed by atoms with Gasteiger partial charge in [-0.05, 0) is 49.7 Å². The van der Waals surface area contributed by atoms with Crippen LogP contribution in [0.3, 0.4) is 0 Å². The Kier molecular flexibility index (Phi) is 10.9. The second-order valence-corrected chi connectivity index (χ2v) is 7.83. The van der Waals surface area contributed by atoms with Gasteiger partial charge in [-0.3, -0.25) is 14.4 Å². The first-order valence-corrected chi connectivity index (χ1v) is 11.1. The summed E-state index contributed by atoms with van der Waals surface area (Å²) in [5, 5.41) is 15.7. The number of aliphatic imine (C=N–C) groups is 1. The van der Waals surface area contributed by atoms with E-state index < -0.39 is 17.9 Å². The molecular weight excluding hydrogens is 450 g/mol. The molecule has 2 aromatic carbocycles. The van der Waals surface area contributed by atoms with Gasteiger partial charge in [-0.15, -0.1) is 0 Å². The molecule has 35 heavy (non-hydrogen) atoms. The number of hydrogen-bond acceptors (Lipinski definition) is 6. The average Bonchev–Trinajstić information content (AvgIpc) is 2.86. The Morgan fingerprint density at radius 2 is 1.91 bits per heavy atom. The van der Waals surface area contributed by atoms with Crippen LogP contribution in [-0.2, 0) is 27.2 Å². The molecule has 2 amide bonds. The summed E-state index contributed by atoms with van der Waals surface area (Å²) >= 11 is 0. The zero-order chi connectivity index (χ0) is 25.6. The highest BCUT2D eigenvalue weighted by Gasteiger charge is 2.16. The van der Waals surface area contributed by atoms with Crippen LogP contribution in [0.15, 0.2) is 58.6 Å². The van der Waals surface area contributed by atoms with Crippen molar-refractivity contribution in [2.75, 3.05) is 25.1 Å². The number of nitrogens with zero attached hydrogens (tertiary/aromatic N) is 3. The largest absolute Gasteiger partial charge is 0.489 e. The van der Waals surface area contributed by atoms with E-state index in [1.807, 2.05) is 30.3 Å². The summed E-state index contributed by atoms with van der Waals surface area (Å²) < 4.78 is 5.83. The highest BCUT2D eigenvalue weighted by atomic mass is 16.5. The molecule has 0 fully saturated rings. The first kappa shape index (κ1) is 27.0. The van der Waals surface area contributed by atoms with E-state index in [-0.39, 0.29) is 18.9 Å². The summed E-state index contributed by atoms with van der Waals surface area (Å²) in [4.78, 5) is 39.6. The van der Waals surface area contributed by atoms with Gasteiger partial charge in [0, 0.05) is 20.0 Å². The lowest BCUT2D eigenvalue weighted by atomic mass is 10.1. The van der Waals surface area contributed by atoms with E-state index in [1.165, 1.54) is 4.90 Å². The third kappa shape index (κ3) is 9.28. The Balaban J connectivity index is 1.91. The molecule has 0 radical (unpaired) electrons. The third-order valence-corrected chi connectivity index (χ3v) is 4.96. The van der Waals surface area contributed by atoms with Crippen molar-refractivity contribution in [3.63, 3.8) is 0 Å². The monoisotopic (exact) mass is 481 g/mol. The van der Waals surface area contributed by atoms with E-state index in [2.05, 4.69) is 27.6 Å². The van der Waals surface area contributed by atoms with Crippen molar-refractivity contribution in [2.24, 2.45) is 10.1 Å². The number of hydrazone groups is 1. The van der Waals surface area contributed by atoms with Gasteiger partial charge in [-0.1, -0.05) is 36.4 Å². The highest BCUT2D eigenvalue weighted by Crippen LogP contribution is 2.29. The SMILES string of the molecule is C=N/C(=N\NCCc1ccccc1)C(=O)N[C@H](C)COc1ccc(CCC(=O)O)cc1N(C)C=O. The summed E-state index contributed by atoms with van der Waals surface area (Å²) in [6.07, 6.45) is 1.69. The fraction of sp³-hybridized carbons (Fsp3) is 0.320. The molecule has 186 valence electrons. The Morgan fingerprint density at radius 1 is 1.17 bits per heavy atom. The van der Waals surface area contributed by atoms with Crippen molar-refractivity contribution >= 4 is 36.5 Å². The Hall–Kier alpha value is -4.21. The number of benzene rings is 2. The molecule has 2 aromatic rings. The predicted molar refractivity (Wildman–Crippen MR) is 135 cm³/mol. The maximum atomic E-state index is 12.5. The van der Waals surface area contributed by atoms with Gasteiger partial charge in [0.1, 0.15) is 12.4 Å². The van der Waals surface area contributed by atoms with Crippen molar-refractivity contribution in [1.82, 2.24) is 10.7 Å². The normalized spacial score (nSPS) is 11.8. The molecule has 0 spiro atoms.